The standard InChI is InChI=1S/C24H23N3O2/c1-16-8-11-20(26-24(28)18-9-12-21(29-3)13-10-18)14-23(16)27-15-19-6-4-5-7-22(19)25-17(27)2/h4-14H,15H2,1-3H3,(H,26,28). The third-order valence-corrected chi connectivity index (χ3v) is 5.10. The summed E-state index contributed by atoms with van der Waals surface area (Å²) in [5.74, 6) is 1.50. The van der Waals surface area contributed by atoms with Gasteiger partial charge in [0, 0.05) is 16.9 Å². The lowest BCUT2D eigenvalue weighted by molar-refractivity contribution is 0.102. The largest absolute Gasteiger partial charge is 0.497 e. The maximum atomic E-state index is 12.6. The number of methoxy groups -OCH3 is 1. The van der Waals surface area contributed by atoms with E-state index in [4.69, 9.17) is 9.73 Å². The van der Waals surface area contributed by atoms with Crippen LogP contribution < -0.4 is 15.0 Å². The number of rotatable bonds is 4. The highest BCUT2D eigenvalue weighted by atomic mass is 16.5. The molecule has 0 aromatic heterocycles. The van der Waals surface area contributed by atoms with E-state index in [1.807, 2.05) is 43.3 Å². The molecule has 1 aliphatic rings. The van der Waals surface area contributed by atoms with Gasteiger partial charge in [0.05, 0.1) is 19.3 Å². The normalized spacial score (nSPS) is 12.8. The number of amidine groups is 1. The fourth-order valence-corrected chi connectivity index (χ4v) is 3.46. The highest BCUT2D eigenvalue weighted by molar-refractivity contribution is 6.05. The number of anilines is 2. The summed E-state index contributed by atoms with van der Waals surface area (Å²) in [5.41, 5.74) is 5.69. The molecule has 0 unspecified atom stereocenters. The van der Waals surface area contributed by atoms with Crippen molar-refractivity contribution in [3.8, 4) is 5.75 Å². The molecule has 0 fully saturated rings. The molecule has 0 radical (unpaired) electrons. The number of carbonyl (C=O) groups excluding carboxylic acids is 1. The molecule has 1 heterocycles. The first kappa shape index (κ1) is 18.7. The van der Waals surface area contributed by atoms with Gasteiger partial charge in [0.1, 0.15) is 11.6 Å². The van der Waals surface area contributed by atoms with E-state index in [1.165, 1.54) is 5.56 Å². The van der Waals surface area contributed by atoms with Crippen molar-refractivity contribution in [3.05, 3.63) is 83.4 Å². The highest BCUT2D eigenvalue weighted by Crippen LogP contribution is 2.32. The third-order valence-electron chi connectivity index (χ3n) is 5.10. The fraction of sp³-hybridized carbons (Fsp3) is 0.167. The van der Waals surface area contributed by atoms with Crippen LogP contribution in [0.1, 0.15) is 28.4 Å². The number of nitrogens with zero attached hydrogens (tertiary/aromatic N) is 2. The number of hydrogen-bond donors (Lipinski definition) is 1. The molecular formula is C24H23N3O2. The van der Waals surface area contributed by atoms with Crippen molar-refractivity contribution < 1.29 is 9.53 Å². The van der Waals surface area contributed by atoms with E-state index in [9.17, 15) is 4.79 Å². The minimum atomic E-state index is -0.156. The molecule has 0 aliphatic carbocycles. The van der Waals surface area contributed by atoms with Crippen LogP contribution in [0.2, 0.25) is 0 Å². The summed E-state index contributed by atoms with van der Waals surface area (Å²) in [6, 6.07) is 21.2. The molecule has 0 spiro atoms. The van der Waals surface area contributed by atoms with Gasteiger partial charge in [0.2, 0.25) is 0 Å². The minimum Gasteiger partial charge on any atom is -0.497 e. The van der Waals surface area contributed by atoms with Crippen LogP contribution in [0.4, 0.5) is 17.1 Å². The van der Waals surface area contributed by atoms with E-state index in [-0.39, 0.29) is 5.91 Å². The van der Waals surface area contributed by atoms with Gasteiger partial charge < -0.3 is 15.0 Å². The van der Waals surface area contributed by atoms with Crippen molar-refractivity contribution in [3.63, 3.8) is 0 Å². The molecule has 0 atom stereocenters. The zero-order chi connectivity index (χ0) is 20.4. The summed E-state index contributed by atoms with van der Waals surface area (Å²) >= 11 is 0. The van der Waals surface area contributed by atoms with Crippen LogP contribution in [-0.4, -0.2) is 18.9 Å². The average molecular weight is 385 g/mol. The monoisotopic (exact) mass is 385 g/mol. The second kappa shape index (κ2) is 7.80. The predicted molar refractivity (Wildman–Crippen MR) is 118 cm³/mol. The number of aliphatic imine (C=N–C) groups is 1. The molecular weight excluding hydrogens is 362 g/mol. The summed E-state index contributed by atoms with van der Waals surface area (Å²) in [4.78, 5) is 19.5. The molecule has 3 aromatic rings. The Hall–Kier alpha value is -3.60. The van der Waals surface area contributed by atoms with Crippen LogP contribution in [0.15, 0.2) is 71.7 Å². The molecule has 5 nitrogen and oxygen atoms in total. The second-order valence-corrected chi connectivity index (χ2v) is 7.06. The van der Waals surface area contributed by atoms with Crippen molar-refractivity contribution in [1.82, 2.24) is 0 Å². The van der Waals surface area contributed by atoms with Gasteiger partial charge in [0.25, 0.3) is 5.91 Å². The molecule has 4 rings (SSSR count). The summed E-state index contributed by atoms with van der Waals surface area (Å²) < 4.78 is 5.15. The van der Waals surface area contributed by atoms with Crippen LogP contribution >= 0.6 is 0 Å². The van der Waals surface area contributed by atoms with Crippen molar-refractivity contribution in [2.24, 2.45) is 4.99 Å². The van der Waals surface area contributed by atoms with Crippen molar-refractivity contribution in [2.45, 2.75) is 20.4 Å². The number of benzene rings is 3. The Morgan fingerprint density at radius 3 is 2.55 bits per heavy atom. The number of fused-ring (bicyclic) bond motifs is 1. The number of carbonyl (C=O) groups is 1. The smallest absolute Gasteiger partial charge is 0.255 e. The van der Waals surface area contributed by atoms with Crippen LogP contribution in [0.25, 0.3) is 0 Å². The number of amides is 1. The first-order valence-corrected chi connectivity index (χ1v) is 9.52. The Morgan fingerprint density at radius 1 is 1.03 bits per heavy atom. The number of ether oxygens (including phenoxy) is 1. The van der Waals surface area contributed by atoms with E-state index >= 15 is 0 Å². The van der Waals surface area contributed by atoms with Crippen molar-refractivity contribution in [2.75, 3.05) is 17.3 Å². The minimum absolute atomic E-state index is 0.156. The Labute approximate surface area is 170 Å². The Morgan fingerprint density at radius 2 is 1.79 bits per heavy atom. The van der Waals surface area contributed by atoms with Crippen molar-refractivity contribution >= 4 is 28.8 Å². The molecule has 0 bridgehead atoms. The van der Waals surface area contributed by atoms with Gasteiger partial charge in [-0.1, -0.05) is 24.3 Å². The molecule has 1 amide bonds. The molecule has 29 heavy (non-hydrogen) atoms. The lowest BCUT2D eigenvalue weighted by atomic mass is 10.1. The molecule has 146 valence electrons. The lowest BCUT2D eigenvalue weighted by Gasteiger charge is -2.30. The maximum Gasteiger partial charge on any atom is 0.255 e. The Balaban J connectivity index is 1.59. The van der Waals surface area contributed by atoms with Gasteiger partial charge in [-0.05, 0) is 67.4 Å². The lowest BCUT2D eigenvalue weighted by Crippen LogP contribution is -2.31. The molecule has 1 N–H and O–H groups in total. The third kappa shape index (κ3) is 3.85. The van der Waals surface area contributed by atoms with Gasteiger partial charge >= 0.3 is 0 Å². The van der Waals surface area contributed by atoms with E-state index in [0.29, 0.717) is 5.56 Å². The van der Waals surface area contributed by atoms with E-state index in [1.54, 1.807) is 31.4 Å². The van der Waals surface area contributed by atoms with Crippen LogP contribution in [0, 0.1) is 6.92 Å². The first-order valence-electron chi connectivity index (χ1n) is 9.52. The summed E-state index contributed by atoms with van der Waals surface area (Å²) in [5, 5.41) is 2.99. The summed E-state index contributed by atoms with van der Waals surface area (Å²) in [6.07, 6.45) is 0. The number of hydrogen-bond acceptors (Lipinski definition) is 4. The number of nitrogens with one attached hydrogen (secondary N) is 1. The van der Waals surface area contributed by atoms with Gasteiger partial charge in [-0.25, -0.2) is 4.99 Å². The van der Waals surface area contributed by atoms with Gasteiger partial charge in [-0.3, -0.25) is 4.79 Å². The van der Waals surface area contributed by atoms with Crippen LogP contribution in [0.3, 0.4) is 0 Å². The molecule has 0 saturated carbocycles. The Kier molecular flexibility index (Phi) is 5.04. The van der Waals surface area contributed by atoms with Crippen LogP contribution in [0.5, 0.6) is 5.75 Å². The van der Waals surface area contributed by atoms with Gasteiger partial charge in [0.15, 0.2) is 0 Å². The number of aryl methyl sites for hydroxylation is 1. The average Bonchev–Trinajstić information content (AvgIpc) is 2.74. The van der Waals surface area contributed by atoms with Crippen molar-refractivity contribution in [1.29, 1.82) is 0 Å². The van der Waals surface area contributed by atoms with Gasteiger partial charge in [-0.15, -0.1) is 0 Å². The van der Waals surface area contributed by atoms with Crippen LogP contribution in [-0.2, 0) is 6.54 Å². The SMILES string of the molecule is COc1ccc(C(=O)Nc2ccc(C)c(N3Cc4ccccc4N=C3C)c2)cc1. The van der Waals surface area contributed by atoms with Gasteiger partial charge in [-0.2, -0.15) is 0 Å². The first-order chi connectivity index (χ1) is 14.0. The Bertz CT molecular complexity index is 1090. The van der Waals surface area contributed by atoms with E-state index < -0.39 is 0 Å². The maximum absolute atomic E-state index is 12.6. The molecule has 5 heteroatoms. The highest BCUT2D eigenvalue weighted by Gasteiger charge is 2.20. The quantitative estimate of drug-likeness (QED) is 0.661. The predicted octanol–water partition coefficient (Wildman–Crippen LogP) is 5.33. The molecule has 0 saturated heterocycles. The summed E-state index contributed by atoms with van der Waals surface area (Å²) in [6.45, 7) is 4.83. The summed E-state index contributed by atoms with van der Waals surface area (Å²) in [7, 11) is 1.60. The molecule has 1 aliphatic heterocycles. The fourth-order valence-electron chi connectivity index (χ4n) is 3.46. The number of para-hydroxylation sites is 1. The molecule has 3 aromatic carbocycles. The zero-order valence-corrected chi connectivity index (χ0v) is 16.8. The zero-order valence-electron chi connectivity index (χ0n) is 16.8. The van der Waals surface area contributed by atoms with E-state index in [0.717, 1.165) is 40.8 Å². The topological polar surface area (TPSA) is 53.9 Å². The second-order valence-electron chi connectivity index (χ2n) is 7.06. The van der Waals surface area contributed by atoms with E-state index in [2.05, 4.69) is 23.2 Å².